The lowest BCUT2D eigenvalue weighted by atomic mass is 10.1. The Morgan fingerprint density at radius 3 is 2.11 bits per heavy atom. The quantitative estimate of drug-likeness (QED) is 0.769. The van der Waals surface area contributed by atoms with E-state index in [-0.39, 0.29) is 5.91 Å². The Morgan fingerprint density at radius 1 is 0.893 bits per heavy atom. The summed E-state index contributed by atoms with van der Waals surface area (Å²) in [4.78, 5) is 17.1. The van der Waals surface area contributed by atoms with E-state index in [1.807, 2.05) is 30.9 Å². The number of benzene rings is 1. The molecule has 2 aliphatic rings. The third-order valence-corrected chi connectivity index (χ3v) is 7.91. The smallest absolute Gasteiger partial charge is 0.243 e. The lowest BCUT2D eigenvalue weighted by molar-refractivity contribution is -0.133. The largest absolute Gasteiger partial charge is 0.342 e. The van der Waals surface area contributed by atoms with Crippen LogP contribution in [0.15, 0.2) is 23.1 Å². The van der Waals surface area contributed by atoms with Crippen LogP contribution in [0.1, 0.15) is 43.2 Å². The van der Waals surface area contributed by atoms with Crippen molar-refractivity contribution in [1.29, 1.82) is 0 Å². The highest BCUT2D eigenvalue weighted by molar-refractivity contribution is 7.89. The molecule has 0 saturated carbocycles. The molecule has 1 aromatic rings. The Labute approximate surface area is 169 Å². The van der Waals surface area contributed by atoms with E-state index in [2.05, 4.69) is 4.90 Å². The van der Waals surface area contributed by atoms with Crippen molar-refractivity contribution in [2.24, 2.45) is 0 Å². The molecule has 2 aliphatic heterocycles. The van der Waals surface area contributed by atoms with Crippen molar-refractivity contribution in [2.45, 2.75) is 50.8 Å². The summed E-state index contributed by atoms with van der Waals surface area (Å²) >= 11 is 0. The zero-order valence-electron chi connectivity index (χ0n) is 17.2. The van der Waals surface area contributed by atoms with Crippen LogP contribution in [-0.4, -0.2) is 74.2 Å². The van der Waals surface area contributed by atoms with E-state index >= 15 is 0 Å². The van der Waals surface area contributed by atoms with Gasteiger partial charge in [0.1, 0.15) is 0 Å². The van der Waals surface area contributed by atoms with Crippen LogP contribution < -0.4 is 0 Å². The van der Waals surface area contributed by atoms with Gasteiger partial charge in [0.15, 0.2) is 0 Å². The molecule has 156 valence electrons. The number of hydrogen-bond acceptors (Lipinski definition) is 4. The molecule has 0 atom stereocenters. The van der Waals surface area contributed by atoms with Crippen molar-refractivity contribution in [3.63, 3.8) is 0 Å². The molecule has 0 bridgehead atoms. The Hall–Kier alpha value is -1.44. The summed E-state index contributed by atoms with van der Waals surface area (Å²) in [6.45, 7) is 8.00. The van der Waals surface area contributed by atoms with Crippen LogP contribution in [0.3, 0.4) is 0 Å². The van der Waals surface area contributed by atoms with Crippen molar-refractivity contribution in [2.75, 3.05) is 45.8 Å². The van der Waals surface area contributed by atoms with E-state index in [0.717, 1.165) is 37.1 Å². The Balaban J connectivity index is 1.55. The number of sulfonamides is 1. The monoisotopic (exact) mass is 407 g/mol. The van der Waals surface area contributed by atoms with Crippen molar-refractivity contribution in [3.05, 3.63) is 29.3 Å². The van der Waals surface area contributed by atoms with Gasteiger partial charge in [-0.25, -0.2) is 8.42 Å². The Bertz CT molecular complexity index is 778. The fourth-order valence-electron chi connectivity index (χ4n) is 4.14. The van der Waals surface area contributed by atoms with E-state index in [9.17, 15) is 13.2 Å². The van der Waals surface area contributed by atoms with Gasteiger partial charge in [0.05, 0.1) is 11.4 Å². The number of nitrogens with zero attached hydrogens (tertiary/aromatic N) is 3. The van der Waals surface area contributed by atoms with Crippen molar-refractivity contribution in [1.82, 2.24) is 14.1 Å². The van der Waals surface area contributed by atoms with Gasteiger partial charge in [0.2, 0.25) is 15.9 Å². The fourth-order valence-corrected chi connectivity index (χ4v) is 5.77. The minimum absolute atomic E-state index is 0.188. The van der Waals surface area contributed by atoms with Crippen LogP contribution in [0, 0.1) is 13.8 Å². The highest BCUT2D eigenvalue weighted by Gasteiger charge is 2.30. The average molecular weight is 408 g/mol. The third kappa shape index (κ3) is 5.13. The molecule has 28 heavy (non-hydrogen) atoms. The van der Waals surface area contributed by atoms with Crippen LogP contribution >= 0.6 is 0 Å². The number of hydrogen-bond donors (Lipinski definition) is 0. The minimum atomic E-state index is -3.48. The molecule has 0 spiro atoms. The normalized spacial score (nSPS) is 20.6. The number of aryl methyl sites for hydroxylation is 2. The van der Waals surface area contributed by atoms with Crippen LogP contribution in [0.25, 0.3) is 0 Å². The second kappa shape index (κ2) is 9.37. The third-order valence-electron chi connectivity index (χ3n) is 5.85. The Kier molecular flexibility index (Phi) is 7.12. The van der Waals surface area contributed by atoms with Crippen molar-refractivity contribution < 1.29 is 13.2 Å². The summed E-state index contributed by atoms with van der Waals surface area (Å²) in [5.41, 5.74) is 1.85. The molecule has 2 saturated heterocycles. The summed E-state index contributed by atoms with van der Waals surface area (Å²) in [5.74, 6) is 0.188. The first-order chi connectivity index (χ1) is 13.4. The molecule has 0 aromatic heterocycles. The first-order valence-corrected chi connectivity index (χ1v) is 11.9. The molecule has 6 nitrogen and oxygen atoms in total. The second-order valence-corrected chi connectivity index (χ2v) is 10.0. The molecule has 0 radical (unpaired) electrons. The lowest BCUT2D eigenvalue weighted by Crippen LogP contribution is -2.51. The maximum atomic E-state index is 13.0. The van der Waals surface area contributed by atoms with Gasteiger partial charge in [-0.05, 0) is 38.3 Å². The van der Waals surface area contributed by atoms with E-state index in [4.69, 9.17) is 0 Å². The minimum Gasteiger partial charge on any atom is -0.342 e. The first kappa shape index (κ1) is 21.3. The summed E-state index contributed by atoms with van der Waals surface area (Å²) in [6, 6.07) is 5.46. The van der Waals surface area contributed by atoms with Gasteiger partial charge in [-0.1, -0.05) is 37.0 Å². The standard InChI is InChI=1S/C21H33N3O3S/c1-18-8-9-20(19(2)16-18)28(26,27)24-14-12-22(13-15-24)17-21(25)23-10-6-4-3-5-7-11-23/h8-9,16H,3-7,10-15,17H2,1-2H3. The number of carbonyl (C=O) groups is 1. The molecule has 2 fully saturated rings. The number of piperazine rings is 1. The van der Waals surface area contributed by atoms with E-state index in [1.54, 1.807) is 10.4 Å². The summed E-state index contributed by atoms with van der Waals surface area (Å²) in [7, 11) is -3.48. The summed E-state index contributed by atoms with van der Waals surface area (Å²) < 4.78 is 27.6. The van der Waals surface area contributed by atoms with Gasteiger partial charge < -0.3 is 4.90 Å². The molecule has 0 unspecified atom stereocenters. The van der Waals surface area contributed by atoms with Gasteiger partial charge in [0, 0.05) is 39.3 Å². The van der Waals surface area contributed by atoms with Gasteiger partial charge in [-0.15, -0.1) is 0 Å². The number of rotatable bonds is 4. The second-order valence-electron chi connectivity index (χ2n) is 8.10. The molecule has 0 N–H and O–H groups in total. The van der Waals surface area contributed by atoms with Crippen molar-refractivity contribution in [3.8, 4) is 0 Å². The molecule has 1 amide bonds. The molecule has 3 rings (SSSR count). The summed E-state index contributed by atoms with van der Waals surface area (Å²) in [6.07, 6.45) is 5.87. The first-order valence-electron chi connectivity index (χ1n) is 10.5. The fraction of sp³-hybridized carbons (Fsp3) is 0.667. The highest BCUT2D eigenvalue weighted by Crippen LogP contribution is 2.22. The lowest BCUT2D eigenvalue weighted by Gasteiger charge is -2.35. The SMILES string of the molecule is Cc1ccc(S(=O)(=O)N2CCN(CC(=O)N3CCCCCCC3)CC2)c(C)c1. The van der Waals surface area contributed by atoms with Gasteiger partial charge in [-0.2, -0.15) is 4.31 Å². The van der Waals surface area contributed by atoms with Crippen LogP contribution in [0.5, 0.6) is 0 Å². The zero-order valence-corrected chi connectivity index (χ0v) is 18.0. The molecular weight excluding hydrogens is 374 g/mol. The van der Waals surface area contributed by atoms with Crippen molar-refractivity contribution >= 4 is 15.9 Å². The molecule has 0 aliphatic carbocycles. The van der Waals surface area contributed by atoms with Crippen LogP contribution in [0.2, 0.25) is 0 Å². The molecule has 1 aromatic carbocycles. The number of likely N-dealkylation sites (tertiary alicyclic amines) is 1. The zero-order chi connectivity index (χ0) is 20.1. The molecular formula is C21H33N3O3S. The van der Waals surface area contributed by atoms with E-state index in [0.29, 0.717) is 37.6 Å². The predicted molar refractivity (Wildman–Crippen MR) is 111 cm³/mol. The molecule has 7 heteroatoms. The van der Waals surface area contributed by atoms with Gasteiger partial charge >= 0.3 is 0 Å². The Morgan fingerprint density at radius 2 is 1.50 bits per heavy atom. The summed E-state index contributed by atoms with van der Waals surface area (Å²) in [5, 5.41) is 0. The highest BCUT2D eigenvalue weighted by atomic mass is 32.2. The van der Waals surface area contributed by atoms with E-state index < -0.39 is 10.0 Å². The number of carbonyl (C=O) groups excluding carboxylic acids is 1. The predicted octanol–water partition coefficient (Wildman–Crippen LogP) is 2.40. The van der Waals surface area contributed by atoms with E-state index in [1.165, 1.54) is 19.3 Å². The van der Waals surface area contributed by atoms with Crippen LogP contribution in [-0.2, 0) is 14.8 Å². The topological polar surface area (TPSA) is 60.9 Å². The maximum Gasteiger partial charge on any atom is 0.243 e. The average Bonchev–Trinajstić information content (AvgIpc) is 2.61. The number of amides is 1. The van der Waals surface area contributed by atoms with Gasteiger partial charge in [-0.3, -0.25) is 9.69 Å². The van der Waals surface area contributed by atoms with Gasteiger partial charge in [0.25, 0.3) is 0 Å². The molecule has 2 heterocycles. The maximum absolute atomic E-state index is 13.0. The van der Waals surface area contributed by atoms with Crippen LogP contribution in [0.4, 0.5) is 0 Å².